The number of anilines is 1. The second-order valence-electron chi connectivity index (χ2n) is 3.96. The van der Waals surface area contributed by atoms with Gasteiger partial charge in [0.25, 0.3) is 0 Å². The maximum absolute atomic E-state index is 5.94. The zero-order valence-electron chi connectivity index (χ0n) is 9.48. The Morgan fingerprint density at radius 2 is 2.31 bits per heavy atom. The summed E-state index contributed by atoms with van der Waals surface area (Å²) in [5.41, 5.74) is 0.871. The third-order valence-corrected chi connectivity index (χ3v) is 2.80. The van der Waals surface area contributed by atoms with Crippen molar-refractivity contribution in [3.63, 3.8) is 0 Å². The molecule has 2 aromatic rings. The van der Waals surface area contributed by atoms with Crippen LogP contribution in [0.3, 0.4) is 0 Å². The number of hydrogen-bond donors (Lipinski definition) is 0. The molecule has 86 valence electrons. The Bertz CT molecular complexity index is 467. The molecule has 0 amide bonds. The van der Waals surface area contributed by atoms with Crippen LogP contribution < -0.4 is 4.90 Å². The van der Waals surface area contributed by atoms with E-state index in [1.165, 1.54) is 0 Å². The Kier molecular flexibility index (Phi) is 3.34. The zero-order valence-corrected chi connectivity index (χ0v) is 10.2. The molecule has 0 aromatic carbocycles. The van der Waals surface area contributed by atoms with Gasteiger partial charge in [0.2, 0.25) is 0 Å². The number of nitrogens with zero attached hydrogens (tertiary/aromatic N) is 2. The standard InChI is InChI=1S/C12H15ClN2O/c1-9(13)4-7-15(2)12-10-5-8-16-11(10)3-6-14-12/h3,5-6,8-9H,4,7H2,1-2H3. The largest absolute Gasteiger partial charge is 0.464 e. The molecule has 0 saturated carbocycles. The van der Waals surface area contributed by atoms with Gasteiger partial charge in [0, 0.05) is 25.2 Å². The molecule has 1 unspecified atom stereocenters. The summed E-state index contributed by atoms with van der Waals surface area (Å²) < 4.78 is 5.34. The van der Waals surface area contributed by atoms with E-state index in [2.05, 4.69) is 9.88 Å². The van der Waals surface area contributed by atoms with E-state index in [-0.39, 0.29) is 5.38 Å². The fourth-order valence-electron chi connectivity index (χ4n) is 1.66. The zero-order chi connectivity index (χ0) is 11.5. The molecule has 0 aliphatic heterocycles. The highest BCUT2D eigenvalue weighted by Gasteiger charge is 2.09. The van der Waals surface area contributed by atoms with Gasteiger partial charge in [0.15, 0.2) is 0 Å². The van der Waals surface area contributed by atoms with Crippen LogP contribution in [0.5, 0.6) is 0 Å². The molecule has 0 radical (unpaired) electrons. The van der Waals surface area contributed by atoms with Crippen LogP contribution in [0.2, 0.25) is 0 Å². The number of aromatic nitrogens is 1. The molecule has 0 bridgehead atoms. The van der Waals surface area contributed by atoms with Crippen molar-refractivity contribution in [1.82, 2.24) is 4.98 Å². The molecule has 0 N–H and O–H groups in total. The topological polar surface area (TPSA) is 29.3 Å². The monoisotopic (exact) mass is 238 g/mol. The minimum Gasteiger partial charge on any atom is -0.464 e. The molecular formula is C12H15ClN2O. The van der Waals surface area contributed by atoms with E-state index in [1.807, 2.05) is 26.1 Å². The van der Waals surface area contributed by atoms with E-state index in [0.717, 1.165) is 29.8 Å². The van der Waals surface area contributed by atoms with Gasteiger partial charge in [-0.2, -0.15) is 0 Å². The lowest BCUT2D eigenvalue weighted by molar-refractivity contribution is 0.615. The number of rotatable bonds is 4. The van der Waals surface area contributed by atoms with Crippen LogP contribution in [0.1, 0.15) is 13.3 Å². The van der Waals surface area contributed by atoms with Crippen molar-refractivity contribution >= 4 is 28.4 Å². The molecular weight excluding hydrogens is 224 g/mol. The highest BCUT2D eigenvalue weighted by Crippen LogP contribution is 2.24. The number of hydrogen-bond acceptors (Lipinski definition) is 3. The second-order valence-corrected chi connectivity index (χ2v) is 4.70. The van der Waals surface area contributed by atoms with E-state index in [4.69, 9.17) is 16.0 Å². The van der Waals surface area contributed by atoms with Crippen LogP contribution in [-0.2, 0) is 0 Å². The first-order valence-electron chi connectivity index (χ1n) is 5.36. The van der Waals surface area contributed by atoms with Crippen molar-refractivity contribution < 1.29 is 4.42 Å². The maximum Gasteiger partial charge on any atom is 0.139 e. The number of halogens is 1. The second kappa shape index (κ2) is 4.74. The van der Waals surface area contributed by atoms with Gasteiger partial charge in [0.05, 0.1) is 11.6 Å². The van der Waals surface area contributed by atoms with Gasteiger partial charge in [-0.1, -0.05) is 0 Å². The van der Waals surface area contributed by atoms with E-state index < -0.39 is 0 Å². The normalized spacial score (nSPS) is 12.9. The number of pyridine rings is 1. The van der Waals surface area contributed by atoms with Crippen LogP contribution in [0.25, 0.3) is 11.0 Å². The van der Waals surface area contributed by atoms with E-state index in [0.29, 0.717) is 0 Å². The SMILES string of the molecule is CC(Cl)CCN(C)c1nccc2occc12. The molecule has 0 spiro atoms. The average molecular weight is 239 g/mol. The molecule has 2 aromatic heterocycles. The van der Waals surface area contributed by atoms with Gasteiger partial charge in [0.1, 0.15) is 11.4 Å². The van der Waals surface area contributed by atoms with Crippen molar-refractivity contribution in [1.29, 1.82) is 0 Å². The Hall–Kier alpha value is -1.22. The maximum atomic E-state index is 5.94. The highest BCUT2D eigenvalue weighted by molar-refractivity contribution is 6.20. The molecule has 0 fully saturated rings. The third-order valence-electron chi connectivity index (χ3n) is 2.58. The smallest absolute Gasteiger partial charge is 0.139 e. The summed E-state index contributed by atoms with van der Waals surface area (Å²) in [5.74, 6) is 0.948. The van der Waals surface area contributed by atoms with Crippen LogP contribution in [0.4, 0.5) is 5.82 Å². The summed E-state index contributed by atoms with van der Waals surface area (Å²) in [6.07, 6.45) is 4.39. The fourth-order valence-corrected chi connectivity index (χ4v) is 1.76. The lowest BCUT2D eigenvalue weighted by Gasteiger charge is -2.19. The summed E-state index contributed by atoms with van der Waals surface area (Å²) >= 11 is 5.94. The van der Waals surface area contributed by atoms with E-state index in [1.54, 1.807) is 12.5 Å². The Balaban J connectivity index is 2.22. The quantitative estimate of drug-likeness (QED) is 0.766. The van der Waals surface area contributed by atoms with Crippen molar-refractivity contribution in [3.8, 4) is 0 Å². The van der Waals surface area contributed by atoms with Gasteiger partial charge in [-0.3, -0.25) is 0 Å². The summed E-state index contributed by atoms with van der Waals surface area (Å²) in [4.78, 5) is 6.49. The van der Waals surface area contributed by atoms with Gasteiger partial charge < -0.3 is 9.32 Å². The lowest BCUT2D eigenvalue weighted by atomic mass is 10.2. The minimum atomic E-state index is 0.186. The Labute approximate surface area is 100 Å². The summed E-state index contributed by atoms with van der Waals surface area (Å²) in [5, 5.41) is 1.23. The molecule has 3 nitrogen and oxygen atoms in total. The molecule has 1 atom stereocenters. The number of furan rings is 1. The number of fused-ring (bicyclic) bond motifs is 1. The van der Waals surface area contributed by atoms with Crippen molar-refractivity contribution in [2.75, 3.05) is 18.5 Å². The van der Waals surface area contributed by atoms with Crippen LogP contribution in [0, 0.1) is 0 Å². The van der Waals surface area contributed by atoms with Gasteiger partial charge in [-0.25, -0.2) is 4.98 Å². The summed E-state index contributed by atoms with van der Waals surface area (Å²) in [6.45, 7) is 2.89. The van der Waals surface area contributed by atoms with E-state index in [9.17, 15) is 0 Å². The van der Waals surface area contributed by atoms with Gasteiger partial charge in [-0.05, 0) is 25.5 Å². The lowest BCUT2D eigenvalue weighted by Crippen LogP contribution is -2.21. The summed E-state index contributed by atoms with van der Waals surface area (Å²) in [6, 6.07) is 3.81. The predicted molar refractivity (Wildman–Crippen MR) is 67.2 cm³/mol. The van der Waals surface area contributed by atoms with Crippen LogP contribution >= 0.6 is 11.6 Å². The fraction of sp³-hybridized carbons (Fsp3) is 0.417. The van der Waals surface area contributed by atoms with Gasteiger partial charge in [-0.15, -0.1) is 11.6 Å². The molecule has 0 saturated heterocycles. The van der Waals surface area contributed by atoms with Crippen LogP contribution in [0.15, 0.2) is 29.0 Å². The van der Waals surface area contributed by atoms with Gasteiger partial charge >= 0.3 is 0 Å². The highest BCUT2D eigenvalue weighted by atomic mass is 35.5. The van der Waals surface area contributed by atoms with Crippen molar-refractivity contribution in [3.05, 3.63) is 24.6 Å². The van der Waals surface area contributed by atoms with E-state index >= 15 is 0 Å². The first-order valence-corrected chi connectivity index (χ1v) is 5.79. The molecule has 4 heteroatoms. The van der Waals surface area contributed by atoms with Crippen molar-refractivity contribution in [2.45, 2.75) is 18.7 Å². The molecule has 16 heavy (non-hydrogen) atoms. The minimum absolute atomic E-state index is 0.186. The molecule has 0 aliphatic carbocycles. The summed E-state index contributed by atoms with van der Waals surface area (Å²) in [7, 11) is 2.02. The predicted octanol–water partition coefficient (Wildman–Crippen LogP) is 3.28. The third kappa shape index (κ3) is 2.30. The molecule has 2 heterocycles. The Morgan fingerprint density at radius 3 is 3.06 bits per heavy atom. The van der Waals surface area contributed by atoms with Crippen molar-refractivity contribution in [2.24, 2.45) is 0 Å². The first-order chi connectivity index (χ1) is 7.68. The Morgan fingerprint density at radius 1 is 1.50 bits per heavy atom. The first kappa shape index (κ1) is 11.3. The number of alkyl halides is 1. The average Bonchev–Trinajstić information content (AvgIpc) is 2.73. The van der Waals surface area contributed by atoms with Crippen LogP contribution in [-0.4, -0.2) is 24.0 Å². The molecule has 2 rings (SSSR count). The molecule has 0 aliphatic rings.